The highest BCUT2D eigenvalue weighted by molar-refractivity contribution is 7.08. The highest BCUT2D eigenvalue weighted by Gasteiger charge is 2.03. The van der Waals surface area contributed by atoms with Crippen LogP contribution >= 0.6 is 11.3 Å². The van der Waals surface area contributed by atoms with Gasteiger partial charge in [-0.2, -0.15) is 16.4 Å². The highest BCUT2D eigenvalue weighted by Crippen LogP contribution is 2.08. The Morgan fingerprint density at radius 3 is 3.05 bits per heavy atom. The molecule has 22 heavy (non-hydrogen) atoms. The number of anilines is 1. The van der Waals surface area contributed by atoms with Crippen LogP contribution in [0.2, 0.25) is 0 Å². The molecule has 0 aromatic carbocycles. The number of nitrogens with one attached hydrogen (secondary N) is 1. The third-order valence-electron chi connectivity index (χ3n) is 2.91. The first-order valence-electron chi connectivity index (χ1n) is 6.74. The largest absolute Gasteiger partial charge is 0.306 e. The predicted molar refractivity (Wildman–Crippen MR) is 87.5 cm³/mol. The van der Waals surface area contributed by atoms with Crippen molar-refractivity contribution < 1.29 is 4.79 Å². The number of carbonyl (C=O) groups is 1. The molecule has 3 aromatic heterocycles. The molecule has 110 valence electrons. The summed E-state index contributed by atoms with van der Waals surface area (Å²) in [6.45, 7) is 0.571. The second-order valence-electron chi connectivity index (χ2n) is 4.60. The molecule has 0 saturated heterocycles. The molecule has 5 nitrogen and oxygen atoms in total. The van der Waals surface area contributed by atoms with E-state index in [1.165, 1.54) is 6.08 Å². The Morgan fingerprint density at radius 2 is 2.27 bits per heavy atom. The number of hydrogen-bond acceptors (Lipinski definition) is 4. The second-order valence-corrected chi connectivity index (χ2v) is 5.38. The Kier molecular flexibility index (Phi) is 4.41. The monoisotopic (exact) mass is 310 g/mol. The lowest BCUT2D eigenvalue weighted by Crippen LogP contribution is -2.09. The van der Waals surface area contributed by atoms with E-state index in [2.05, 4.69) is 15.4 Å². The summed E-state index contributed by atoms with van der Waals surface area (Å²) in [5.74, 6) is 0.324. The number of hydrogen-bond donors (Lipinski definition) is 1. The lowest BCUT2D eigenvalue weighted by molar-refractivity contribution is -0.111. The molecular formula is C16H14N4OS. The second kappa shape index (κ2) is 6.82. The summed E-state index contributed by atoms with van der Waals surface area (Å²) < 4.78 is 1.74. The Bertz CT molecular complexity index is 763. The number of nitrogens with zero attached hydrogens (tertiary/aromatic N) is 3. The van der Waals surface area contributed by atoms with Crippen LogP contribution in [0.4, 0.5) is 5.82 Å². The fourth-order valence-electron chi connectivity index (χ4n) is 1.88. The Morgan fingerprint density at radius 1 is 1.32 bits per heavy atom. The highest BCUT2D eigenvalue weighted by atomic mass is 32.1. The van der Waals surface area contributed by atoms with E-state index in [-0.39, 0.29) is 5.91 Å². The number of pyridine rings is 1. The van der Waals surface area contributed by atoms with Crippen LogP contribution < -0.4 is 5.32 Å². The normalized spacial score (nSPS) is 10.9. The van der Waals surface area contributed by atoms with E-state index in [0.717, 1.165) is 11.3 Å². The Hall–Kier alpha value is -2.73. The summed E-state index contributed by atoms with van der Waals surface area (Å²) in [5.41, 5.74) is 1.93. The van der Waals surface area contributed by atoms with Gasteiger partial charge in [0.2, 0.25) is 5.91 Å². The molecule has 0 spiro atoms. The molecule has 0 atom stereocenters. The smallest absolute Gasteiger partial charge is 0.249 e. The minimum Gasteiger partial charge on any atom is -0.306 e. The van der Waals surface area contributed by atoms with Crippen molar-refractivity contribution in [3.8, 4) is 0 Å². The van der Waals surface area contributed by atoms with Crippen molar-refractivity contribution in [2.75, 3.05) is 5.32 Å². The third-order valence-corrected chi connectivity index (χ3v) is 3.61. The molecule has 0 aliphatic rings. The minimum atomic E-state index is -0.200. The summed E-state index contributed by atoms with van der Waals surface area (Å²) >= 11 is 1.59. The number of rotatable bonds is 5. The molecule has 0 aliphatic carbocycles. The Balaban J connectivity index is 1.58. The van der Waals surface area contributed by atoms with Crippen LogP contribution in [-0.2, 0) is 11.3 Å². The summed E-state index contributed by atoms with van der Waals surface area (Å²) in [6, 6.07) is 9.46. The van der Waals surface area contributed by atoms with Gasteiger partial charge in [-0.15, -0.1) is 0 Å². The maximum atomic E-state index is 11.8. The zero-order chi connectivity index (χ0) is 15.2. The van der Waals surface area contributed by atoms with Gasteiger partial charge in [0.15, 0.2) is 5.82 Å². The molecule has 0 saturated carbocycles. The first-order chi connectivity index (χ1) is 10.8. The number of aromatic nitrogens is 3. The van der Waals surface area contributed by atoms with Crippen molar-refractivity contribution in [2.24, 2.45) is 0 Å². The summed E-state index contributed by atoms with van der Waals surface area (Å²) in [4.78, 5) is 16.1. The molecule has 0 fully saturated rings. The van der Waals surface area contributed by atoms with Crippen LogP contribution in [-0.4, -0.2) is 20.7 Å². The molecule has 0 unspecified atom stereocenters. The topological polar surface area (TPSA) is 59.8 Å². The predicted octanol–water partition coefficient (Wildman–Crippen LogP) is 3.04. The van der Waals surface area contributed by atoms with Gasteiger partial charge < -0.3 is 5.32 Å². The van der Waals surface area contributed by atoms with Gasteiger partial charge in [-0.1, -0.05) is 6.07 Å². The van der Waals surface area contributed by atoms with E-state index in [9.17, 15) is 4.79 Å². The van der Waals surface area contributed by atoms with Crippen molar-refractivity contribution >= 4 is 29.1 Å². The first kappa shape index (κ1) is 14.2. The van der Waals surface area contributed by atoms with Crippen LogP contribution in [0.15, 0.2) is 59.6 Å². The molecule has 0 aliphatic heterocycles. The number of amides is 1. The molecule has 3 heterocycles. The van der Waals surface area contributed by atoms with Crippen molar-refractivity contribution in [2.45, 2.75) is 6.54 Å². The molecule has 1 amide bonds. The van der Waals surface area contributed by atoms with Gasteiger partial charge in [-0.05, 0) is 40.6 Å². The van der Waals surface area contributed by atoms with E-state index in [1.807, 2.05) is 41.2 Å². The van der Waals surface area contributed by atoms with Crippen molar-refractivity contribution in [1.29, 1.82) is 0 Å². The first-order valence-corrected chi connectivity index (χ1v) is 7.68. The molecule has 6 heteroatoms. The van der Waals surface area contributed by atoms with E-state index in [4.69, 9.17) is 0 Å². The lowest BCUT2D eigenvalue weighted by Gasteiger charge is -2.00. The van der Waals surface area contributed by atoms with E-state index in [0.29, 0.717) is 12.4 Å². The van der Waals surface area contributed by atoms with Gasteiger partial charge in [0.25, 0.3) is 0 Å². The third kappa shape index (κ3) is 3.89. The quantitative estimate of drug-likeness (QED) is 0.737. The minimum absolute atomic E-state index is 0.200. The van der Waals surface area contributed by atoms with Crippen molar-refractivity contribution in [3.05, 3.63) is 70.8 Å². The van der Waals surface area contributed by atoms with Gasteiger partial charge in [-0.3, -0.25) is 14.5 Å². The fourth-order valence-corrected chi connectivity index (χ4v) is 2.51. The standard InChI is InChI=1S/C16H14N4OS/c21-16(5-4-13-7-10-22-12-13)18-15-6-9-20(19-15)11-14-3-1-2-8-17-14/h1-10,12H,11H2,(H,18,19,21). The summed E-state index contributed by atoms with van der Waals surface area (Å²) in [7, 11) is 0. The van der Waals surface area contributed by atoms with E-state index < -0.39 is 0 Å². The van der Waals surface area contributed by atoms with Crippen LogP contribution in [0.3, 0.4) is 0 Å². The molecule has 3 rings (SSSR count). The molecule has 1 N–H and O–H groups in total. The molecular weight excluding hydrogens is 296 g/mol. The lowest BCUT2D eigenvalue weighted by atomic mass is 10.3. The zero-order valence-electron chi connectivity index (χ0n) is 11.7. The molecule has 0 bridgehead atoms. The molecule has 0 radical (unpaired) electrons. The van der Waals surface area contributed by atoms with Crippen LogP contribution in [0.25, 0.3) is 6.08 Å². The number of carbonyl (C=O) groups excluding carboxylic acids is 1. The van der Waals surface area contributed by atoms with E-state index in [1.54, 1.807) is 34.4 Å². The van der Waals surface area contributed by atoms with Crippen LogP contribution in [0, 0.1) is 0 Å². The maximum Gasteiger partial charge on any atom is 0.249 e. The summed E-state index contributed by atoms with van der Waals surface area (Å²) in [5, 5.41) is 11.0. The van der Waals surface area contributed by atoms with Gasteiger partial charge >= 0.3 is 0 Å². The van der Waals surface area contributed by atoms with Crippen LogP contribution in [0.1, 0.15) is 11.3 Å². The van der Waals surface area contributed by atoms with Crippen molar-refractivity contribution in [1.82, 2.24) is 14.8 Å². The Labute approximate surface area is 131 Å². The fraction of sp³-hybridized carbons (Fsp3) is 0.0625. The molecule has 3 aromatic rings. The van der Waals surface area contributed by atoms with Gasteiger partial charge in [-0.25, -0.2) is 0 Å². The van der Waals surface area contributed by atoms with Crippen LogP contribution in [0.5, 0.6) is 0 Å². The van der Waals surface area contributed by atoms with Crippen molar-refractivity contribution in [3.63, 3.8) is 0 Å². The zero-order valence-corrected chi connectivity index (χ0v) is 12.5. The average Bonchev–Trinajstić information content (AvgIpc) is 3.18. The summed E-state index contributed by atoms with van der Waals surface area (Å²) in [6.07, 6.45) is 6.83. The SMILES string of the molecule is O=C(C=Cc1ccsc1)Nc1ccn(Cc2ccccn2)n1. The average molecular weight is 310 g/mol. The van der Waals surface area contributed by atoms with Gasteiger partial charge in [0, 0.05) is 24.5 Å². The van der Waals surface area contributed by atoms with Gasteiger partial charge in [0.05, 0.1) is 12.2 Å². The van der Waals surface area contributed by atoms with Gasteiger partial charge in [0.1, 0.15) is 0 Å². The number of thiophene rings is 1. The maximum absolute atomic E-state index is 11.8. The van der Waals surface area contributed by atoms with E-state index >= 15 is 0 Å².